The van der Waals surface area contributed by atoms with Crippen LogP contribution in [-0.2, 0) is 9.59 Å². The molecule has 0 aromatic heterocycles. The van der Waals surface area contributed by atoms with Crippen molar-refractivity contribution in [1.29, 1.82) is 0 Å². The second-order valence-electron chi connectivity index (χ2n) is 3.16. The Labute approximate surface area is 75.7 Å². The molecule has 3 N–H and O–H groups in total. The largest absolute Gasteiger partial charge is 0.481 e. The topological polar surface area (TPSA) is 86.6 Å². The van der Waals surface area contributed by atoms with Gasteiger partial charge in [-0.25, -0.2) is 0 Å². The highest BCUT2D eigenvalue weighted by Crippen LogP contribution is 2.38. The summed E-state index contributed by atoms with van der Waals surface area (Å²) in [5.41, 5.74) is 0. The van der Waals surface area contributed by atoms with E-state index in [4.69, 9.17) is 10.2 Å². The maximum atomic E-state index is 11.1. The molecular formula is C8H13NO4. The van der Waals surface area contributed by atoms with E-state index in [0.29, 0.717) is 19.4 Å². The lowest BCUT2D eigenvalue weighted by Crippen LogP contribution is -2.27. The fourth-order valence-electron chi connectivity index (χ4n) is 1.18. The summed E-state index contributed by atoms with van der Waals surface area (Å²) in [6.45, 7) is 0.450. The molecular weight excluding hydrogens is 174 g/mol. The Morgan fingerprint density at radius 2 is 2.08 bits per heavy atom. The number of carboxylic acid groups (broad SMARTS) is 1. The van der Waals surface area contributed by atoms with Crippen LogP contribution in [-0.4, -0.2) is 35.2 Å². The number of hydrogen-bond acceptors (Lipinski definition) is 3. The van der Waals surface area contributed by atoms with Gasteiger partial charge in [-0.1, -0.05) is 0 Å². The normalized spacial score (nSPS) is 25.3. The highest BCUT2D eigenvalue weighted by molar-refractivity contribution is 5.89. The van der Waals surface area contributed by atoms with Gasteiger partial charge in [0.15, 0.2) is 0 Å². The van der Waals surface area contributed by atoms with Crippen molar-refractivity contribution in [2.24, 2.45) is 11.8 Å². The summed E-state index contributed by atoms with van der Waals surface area (Å²) in [6, 6.07) is 0. The quantitative estimate of drug-likeness (QED) is 0.492. The molecule has 2 atom stereocenters. The van der Waals surface area contributed by atoms with E-state index in [0.717, 1.165) is 0 Å². The first-order valence-electron chi connectivity index (χ1n) is 4.28. The number of carboxylic acids is 1. The predicted molar refractivity (Wildman–Crippen MR) is 43.9 cm³/mol. The van der Waals surface area contributed by atoms with Gasteiger partial charge in [-0.15, -0.1) is 0 Å². The molecule has 5 nitrogen and oxygen atoms in total. The molecule has 0 aliphatic heterocycles. The van der Waals surface area contributed by atoms with Crippen molar-refractivity contribution in [2.75, 3.05) is 13.2 Å². The van der Waals surface area contributed by atoms with E-state index in [2.05, 4.69) is 5.32 Å². The van der Waals surface area contributed by atoms with Gasteiger partial charge >= 0.3 is 5.97 Å². The molecule has 0 unspecified atom stereocenters. The third-order valence-electron chi connectivity index (χ3n) is 2.08. The number of hydrogen-bond donors (Lipinski definition) is 3. The summed E-state index contributed by atoms with van der Waals surface area (Å²) in [5, 5.41) is 19.5. The number of nitrogens with one attached hydrogen (secondary N) is 1. The van der Waals surface area contributed by atoms with Crippen molar-refractivity contribution < 1.29 is 19.8 Å². The van der Waals surface area contributed by atoms with Gasteiger partial charge in [-0.2, -0.15) is 0 Å². The van der Waals surface area contributed by atoms with Crippen LogP contribution in [0.5, 0.6) is 0 Å². The van der Waals surface area contributed by atoms with E-state index in [9.17, 15) is 9.59 Å². The summed E-state index contributed by atoms with van der Waals surface area (Å²) in [6.07, 6.45) is 0.955. The second kappa shape index (κ2) is 4.23. The standard InChI is InChI=1S/C8H13NO4/c10-3-1-2-9-7(11)5-4-6(5)8(12)13/h5-6,10H,1-4H2,(H,9,11)(H,12,13)/t5-,6+/m1/s1. The third kappa shape index (κ3) is 2.69. The monoisotopic (exact) mass is 187 g/mol. The lowest BCUT2D eigenvalue weighted by atomic mass is 10.3. The van der Waals surface area contributed by atoms with Gasteiger partial charge in [0.05, 0.1) is 11.8 Å². The first kappa shape index (κ1) is 9.98. The van der Waals surface area contributed by atoms with E-state index in [1.54, 1.807) is 0 Å². The maximum Gasteiger partial charge on any atom is 0.307 e. The van der Waals surface area contributed by atoms with Crippen LogP contribution in [0.25, 0.3) is 0 Å². The summed E-state index contributed by atoms with van der Waals surface area (Å²) in [5.74, 6) is -1.95. The Morgan fingerprint density at radius 3 is 2.54 bits per heavy atom. The van der Waals surface area contributed by atoms with Crippen LogP contribution in [0.15, 0.2) is 0 Å². The molecule has 1 rings (SSSR count). The zero-order chi connectivity index (χ0) is 9.84. The van der Waals surface area contributed by atoms with Gasteiger partial charge in [-0.3, -0.25) is 9.59 Å². The summed E-state index contributed by atoms with van der Waals surface area (Å²) in [4.78, 5) is 21.5. The molecule has 1 saturated carbocycles. The smallest absolute Gasteiger partial charge is 0.307 e. The van der Waals surface area contributed by atoms with Gasteiger partial charge in [-0.05, 0) is 12.8 Å². The highest BCUT2D eigenvalue weighted by atomic mass is 16.4. The van der Waals surface area contributed by atoms with Crippen LogP contribution < -0.4 is 5.32 Å². The number of rotatable bonds is 5. The third-order valence-corrected chi connectivity index (χ3v) is 2.08. The Morgan fingerprint density at radius 1 is 1.38 bits per heavy atom. The highest BCUT2D eigenvalue weighted by Gasteiger charge is 2.48. The van der Waals surface area contributed by atoms with Gasteiger partial charge in [0.1, 0.15) is 0 Å². The molecule has 5 heteroatoms. The van der Waals surface area contributed by atoms with E-state index in [1.807, 2.05) is 0 Å². The Bertz CT molecular complexity index is 216. The number of aliphatic carboxylic acids is 1. The molecule has 1 amide bonds. The minimum absolute atomic E-state index is 0.0350. The fourth-order valence-corrected chi connectivity index (χ4v) is 1.18. The molecule has 0 aromatic rings. The van der Waals surface area contributed by atoms with Gasteiger partial charge in [0.2, 0.25) is 5.91 Å². The summed E-state index contributed by atoms with van der Waals surface area (Å²) >= 11 is 0. The molecule has 0 aromatic carbocycles. The SMILES string of the molecule is O=C(O)[C@H]1C[C@H]1C(=O)NCCCO. The number of aliphatic hydroxyl groups is 1. The van der Waals surface area contributed by atoms with Crippen molar-refractivity contribution in [2.45, 2.75) is 12.8 Å². The fraction of sp³-hybridized carbons (Fsp3) is 0.750. The van der Waals surface area contributed by atoms with Gasteiger partial charge in [0.25, 0.3) is 0 Å². The van der Waals surface area contributed by atoms with Crippen LogP contribution in [0.4, 0.5) is 0 Å². The summed E-state index contributed by atoms with van der Waals surface area (Å²) in [7, 11) is 0. The molecule has 0 heterocycles. The first-order chi connectivity index (χ1) is 6.16. The van der Waals surface area contributed by atoms with Crippen LogP contribution in [0, 0.1) is 11.8 Å². The molecule has 1 fully saturated rings. The summed E-state index contributed by atoms with van der Waals surface area (Å²) < 4.78 is 0. The number of amides is 1. The Balaban J connectivity index is 2.16. The molecule has 0 saturated heterocycles. The van der Waals surface area contributed by atoms with Crippen LogP contribution in [0.1, 0.15) is 12.8 Å². The first-order valence-corrected chi connectivity index (χ1v) is 4.28. The second-order valence-corrected chi connectivity index (χ2v) is 3.16. The van der Waals surface area contributed by atoms with Gasteiger partial charge < -0.3 is 15.5 Å². The Hall–Kier alpha value is -1.10. The van der Waals surface area contributed by atoms with Crippen LogP contribution in [0.3, 0.4) is 0 Å². The van der Waals surface area contributed by atoms with Crippen LogP contribution in [0.2, 0.25) is 0 Å². The van der Waals surface area contributed by atoms with E-state index in [1.165, 1.54) is 0 Å². The van der Waals surface area contributed by atoms with Crippen molar-refractivity contribution in [3.63, 3.8) is 0 Å². The number of carbonyl (C=O) groups excluding carboxylic acids is 1. The lowest BCUT2D eigenvalue weighted by Gasteiger charge is -2.01. The van der Waals surface area contributed by atoms with E-state index >= 15 is 0 Å². The molecule has 0 spiro atoms. The van der Waals surface area contributed by atoms with Crippen molar-refractivity contribution in [3.05, 3.63) is 0 Å². The average molecular weight is 187 g/mol. The average Bonchev–Trinajstić information content (AvgIpc) is 2.83. The molecule has 1 aliphatic carbocycles. The van der Waals surface area contributed by atoms with E-state index in [-0.39, 0.29) is 18.4 Å². The van der Waals surface area contributed by atoms with Crippen molar-refractivity contribution in [1.82, 2.24) is 5.32 Å². The number of carbonyl (C=O) groups is 2. The molecule has 1 aliphatic rings. The zero-order valence-corrected chi connectivity index (χ0v) is 7.19. The maximum absolute atomic E-state index is 11.1. The molecule has 0 bridgehead atoms. The zero-order valence-electron chi connectivity index (χ0n) is 7.19. The van der Waals surface area contributed by atoms with Gasteiger partial charge in [0, 0.05) is 13.2 Å². The number of aliphatic hydroxyl groups excluding tert-OH is 1. The van der Waals surface area contributed by atoms with Crippen LogP contribution >= 0.6 is 0 Å². The molecule has 74 valence electrons. The predicted octanol–water partition coefficient (Wildman–Crippen LogP) is -0.794. The lowest BCUT2D eigenvalue weighted by molar-refractivity contribution is -0.140. The molecule has 0 radical (unpaired) electrons. The Kier molecular flexibility index (Phi) is 3.25. The van der Waals surface area contributed by atoms with Crippen molar-refractivity contribution in [3.8, 4) is 0 Å². The molecule has 13 heavy (non-hydrogen) atoms. The van der Waals surface area contributed by atoms with E-state index < -0.39 is 11.9 Å². The minimum Gasteiger partial charge on any atom is -0.481 e. The minimum atomic E-state index is -0.901. The van der Waals surface area contributed by atoms with Crippen molar-refractivity contribution >= 4 is 11.9 Å².